The summed E-state index contributed by atoms with van der Waals surface area (Å²) in [5, 5.41) is 13.2. The van der Waals surface area contributed by atoms with Gasteiger partial charge in [0.25, 0.3) is 11.6 Å². The van der Waals surface area contributed by atoms with Gasteiger partial charge in [-0.1, -0.05) is 12.1 Å². The van der Waals surface area contributed by atoms with Gasteiger partial charge in [0.15, 0.2) is 9.86 Å². The molecular weight excluding hydrogens is 462 g/mol. The average molecular weight is 478 g/mol. The molecule has 1 amide bonds. The van der Waals surface area contributed by atoms with Crippen LogP contribution in [0.3, 0.4) is 0 Å². The van der Waals surface area contributed by atoms with Crippen molar-refractivity contribution in [1.82, 2.24) is 18.6 Å². The van der Waals surface area contributed by atoms with E-state index in [2.05, 4.69) is 4.98 Å². The highest BCUT2D eigenvalue weighted by Gasteiger charge is 2.35. The number of carbonyl (C=O) groups excluding carboxylic acids is 1. The maximum Gasteiger partial charge on any atom is 0.289 e. The largest absolute Gasteiger partial charge is 0.335 e. The SMILES string of the molecule is O=C(c1cc2c(nc3sccn32)s1)N1CCN(S(=O)(=O)c2ccccc2[N+](=O)[O-])CC1. The molecule has 0 N–H and O–H groups in total. The Morgan fingerprint density at radius 2 is 1.90 bits per heavy atom. The van der Waals surface area contributed by atoms with E-state index in [-0.39, 0.29) is 37.0 Å². The molecule has 160 valence electrons. The molecule has 1 fully saturated rings. The first kappa shape index (κ1) is 20.1. The first-order valence-corrected chi connectivity index (χ1v) is 12.4. The van der Waals surface area contributed by atoms with Crippen LogP contribution in [0.5, 0.6) is 0 Å². The van der Waals surface area contributed by atoms with Gasteiger partial charge in [0, 0.05) is 43.8 Å². The van der Waals surface area contributed by atoms with Crippen molar-refractivity contribution in [2.75, 3.05) is 26.2 Å². The number of amides is 1. The van der Waals surface area contributed by atoms with Crippen LogP contribution >= 0.6 is 22.7 Å². The second-order valence-corrected chi connectivity index (χ2v) is 10.7. The number of nitro groups is 1. The molecule has 0 radical (unpaired) electrons. The van der Waals surface area contributed by atoms with Crippen LogP contribution in [-0.2, 0) is 10.0 Å². The quantitative estimate of drug-likeness (QED) is 0.329. The Kier molecular flexibility index (Phi) is 4.77. The van der Waals surface area contributed by atoms with E-state index in [1.54, 1.807) is 4.90 Å². The second-order valence-electron chi connectivity index (χ2n) is 6.89. The number of nitrogens with zero attached hydrogens (tertiary/aromatic N) is 5. The summed E-state index contributed by atoms with van der Waals surface area (Å²) in [5.41, 5.74) is 0.422. The zero-order chi connectivity index (χ0) is 21.8. The molecule has 4 heterocycles. The molecule has 31 heavy (non-hydrogen) atoms. The monoisotopic (exact) mass is 477 g/mol. The van der Waals surface area contributed by atoms with E-state index in [9.17, 15) is 23.3 Å². The summed E-state index contributed by atoms with van der Waals surface area (Å²) in [6.45, 7) is 0.544. The Hall–Kier alpha value is -2.87. The summed E-state index contributed by atoms with van der Waals surface area (Å²) in [4.78, 5) is 31.5. The van der Waals surface area contributed by atoms with Gasteiger partial charge in [-0.3, -0.25) is 19.3 Å². The number of hydrogen-bond acceptors (Lipinski definition) is 8. The predicted molar refractivity (Wildman–Crippen MR) is 116 cm³/mol. The zero-order valence-corrected chi connectivity index (χ0v) is 18.3. The molecule has 1 aliphatic heterocycles. The fourth-order valence-corrected chi connectivity index (χ4v) is 6.95. The number of para-hydroxylation sites is 1. The molecule has 0 saturated carbocycles. The average Bonchev–Trinajstić information content (AvgIpc) is 3.46. The van der Waals surface area contributed by atoms with Crippen molar-refractivity contribution in [3.63, 3.8) is 0 Å². The van der Waals surface area contributed by atoms with Gasteiger partial charge < -0.3 is 4.90 Å². The maximum atomic E-state index is 13.0. The van der Waals surface area contributed by atoms with Gasteiger partial charge in [0.2, 0.25) is 10.0 Å². The molecule has 3 aromatic heterocycles. The molecule has 1 aliphatic rings. The van der Waals surface area contributed by atoms with Crippen LogP contribution in [0.25, 0.3) is 15.3 Å². The van der Waals surface area contributed by atoms with E-state index in [4.69, 9.17) is 0 Å². The van der Waals surface area contributed by atoms with E-state index >= 15 is 0 Å². The van der Waals surface area contributed by atoms with Crippen LogP contribution in [0.1, 0.15) is 9.67 Å². The number of hydrogen-bond donors (Lipinski definition) is 0. The fourth-order valence-electron chi connectivity index (χ4n) is 3.61. The smallest absolute Gasteiger partial charge is 0.289 e. The van der Waals surface area contributed by atoms with E-state index < -0.39 is 20.6 Å². The van der Waals surface area contributed by atoms with Crippen molar-refractivity contribution < 1.29 is 18.1 Å². The Morgan fingerprint density at radius 3 is 2.65 bits per heavy atom. The summed E-state index contributed by atoms with van der Waals surface area (Å²) < 4.78 is 29.0. The second kappa shape index (κ2) is 7.37. The molecular formula is C18H15N5O5S3. The molecule has 1 saturated heterocycles. The number of sulfonamides is 1. The highest BCUT2D eigenvalue weighted by molar-refractivity contribution is 7.89. The standard InChI is InChI=1S/C18H15N5O5S3/c24-17(14-11-13-16(30-14)19-18-22(13)9-10-29-18)20-5-7-21(8-6-20)31(27,28)15-4-2-1-3-12(15)23(25)26/h1-4,9-11H,5-8H2. The lowest BCUT2D eigenvalue weighted by Crippen LogP contribution is -2.50. The first-order valence-electron chi connectivity index (χ1n) is 9.24. The highest BCUT2D eigenvalue weighted by Crippen LogP contribution is 2.30. The first-order chi connectivity index (χ1) is 14.9. The van der Waals surface area contributed by atoms with Gasteiger partial charge in [-0.05, 0) is 12.1 Å². The Morgan fingerprint density at radius 1 is 1.16 bits per heavy atom. The minimum absolute atomic E-state index is 0.0685. The van der Waals surface area contributed by atoms with Gasteiger partial charge in [0.05, 0.1) is 15.3 Å². The third kappa shape index (κ3) is 3.29. The van der Waals surface area contributed by atoms with Gasteiger partial charge in [-0.15, -0.1) is 22.7 Å². The number of imidazole rings is 1. The summed E-state index contributed by atoms with van der Waals surface area (Å²) in [6.07, 6.45) is 1.91. The topological polar surface area (TPSA) is 118 Å². The predicted octanol–water partition coefficient (Wildman–Crippen LogP) is 2.67. The van der Waals surface area contributed by atoms with Crippen molar-refractivity contribution >= 4 is 59.6 Å². The Bertz CT molecular complexity index is 1430. The molecule has 0 unspecified atom stereocenters. The summed E-state index contributed by atoms with van der Waals surface area (Å²) in [5.74, 6) is -0.172. The van der Waals surface area contributed by atoms with Gasteiger partial charge in [-0.2, -0.15) is 4.31 Å². The van der Waals surface area contributed by atoms with Crippen LogP contribution < -0.4 is 0 Å². The number of thiazole rings is 1. The molecule has 10 nitrogen and oxygen atoms in total. The molecule has 0 bridgehead atoms. The number of thiophene rings is 1. The summed E-state index contributed by atoms with van der Waals surface area (Å²) >= 11 is 2.84. The third-order valence-electron chi connectivity index (χ3n) is 5.16. The van der Waals surface area contributed by atoms with Crippen molar-refractivity contribution in [1.29, 1.82) is 0 Å². The summed E-state index contributed by atoms with van der Waals surface area (Å²) in [6, 6.07) is 7.10. The number of piperazine rings is 1. The number of fused-ring (bicyclic) bond motifs is 3. The van der Waals surface area contributed by atoms with E-state index in [0.717, 1.165) is 15.3 Å². The molecule has 0 spiro atoms. The van der Waals surface area contributed by atoms with E-state index in [0.29, 0.717) is 4.88 Å². The van der Waals surface area contributed by atoms with Crippen molar-refractivity contribution in [2.45, 2.75) is 4.90 Å². The van der Waals surface area contributed by atoms with Crippen molar-refractivity contribution in [3.05, 3.63) is 56.9 Å². The minimum Gasteiger partial charge on any atom is -0.335 e. The number of nitro benzene ring substituents is 1. The number of carbonyl (C=O) groups is 1. The zero-order valence-electron chi connectivity index (χ0n) is 15.9. The molecule has 1 aromatic carbocycles. The molecule has 5 rings (SSSR count). The van der Waals surface area contributed by atoms with E-state index in [1.807, 2.05) is 22.0 Å². The summed E-state index contributed by atoms with van der Waals surface area (Å²) in [7, 11) is -4.04. The van der Waals surface area contributed by atoms with Crippen molar-refractivity contribution in [2.24, 2.45) is 0 Å². The molecule has 4 aromatic rings. The highest BCUT2D eigenvalue weighted by atomic mass is 32.2. The fraction of sp³-hybridized carbons (Fsp3) is 0.222. The lowest BCUT2D eigenvalue weighted by atomic mass is 10.3. The number of aromatic nitrogens is 2. The molecule has 0 atom stereocenters. The minimum atomic E-state index is -4.04. The number of benzene rings is 1. The lowest BCUT2D eigenvalue weighted by molar-refractivity contribution is -0.387. The van der Waals surface area contributed by atoms with Gasteiger partial charge >= 0.3 is 0 Å². The van der Waals surface area contributed by atoms with Crippen LogP contribution in [0.15, 0.2) is 46.8 Å². The normalized spacial score (nSPS) is 15.7. The lowest BCUT2D eigenvalue weighted by Gasteiger charge is -2.33. The number of rotatable bonds is 4. The molecule has 0 aliphatic carbocycles. The van der Waals surface area contributed by atoms with Crippen molar-refractivity contribution in [3.8, 4) is 0 Å². The molecule has 13 heteroatoms. The maximum absolute atomic E-state index is 13.0. The van der Waals surface area contributed by atoms with E-state index in [1.165, 1.54) is 51.2 Å². The van der Waals surface area contributed by atoms with Crippen LogP contribution in [0.2, 0.25) is 0 Å². The van der Waals surface area contributed by atoms with Crippen LogP contribution in [-0.4, -0.2) is 64.0 Å². The van der Waals surface area contributed by atoms with Gasteiger partial charge in [-0.25, -0.2) is 13.4 Å². The van der Waals surface area contributed by atoms with Crippen LogP contribution in [0.4, 0.5) is 5.69 Å². The third-order valence-corrected chi connectivity index (χ3v) is 8.86. The Balaban J connectivity index is 1.33. The van der Waals surface area contributed by atoms with Crippen LogP contribution in [0, 0.1) is 10.1 Å². The Labute approximate surface area is 184 Å². The van der Waals surface area contributed by atoms with Gasteiger partial charge in [0.1, 0.15) is 4.83 Å².